The molecule has 0 unspecified atom stereocenters. The van der Waals surface area contributed by atoms with Crippen LogP contribution < -0.4 is 0 Å². The van der Waals surface area contributed by atoms with Crippen molar-refractivity contribution >= 4 is 0 Å². The molecule has 0 aliphatic carbocycles. The number of rotatable bonds is 1. The number of halogens is 3. The number of aliphatic hydroxyl groups is 1. The second-order valence-corrected chi connectivity index (χ2v) is 2.18. The van der Waals surface area contributed by atoms with Crippen LogP contribution in [-0.4, -0.2) is 10.1 Å². The first-order valence-electron chi connectivity index (χ1n) is 3.09. The number of aromatic nitrogens is 1. The van der Waals surface area contributed by atoms with Gasteiger partial charge in [0.1, 0.15) is 6.61 Å². The van der Waals surface area contributed by atoms with Gasteiger partial charge in [-0.3, -0.25) is 0 Å². The van der Waals surface area contributed by atoms with E-state index in [-0.39, 0.29) is 11.6 Å². The van der Waals surface area contributed by atoms with E-state index in [1.54, 1.807) is 0 Å². The standard InChI is InChI=1S/C6H6F3NO2/c1-3-5(6(7,8)9)12-4(2-11)10-3/h11H,2H2,1H3. The molecule has 1 aromatic rings. The molecule has 0 fully saturated rings. The van der Waals surface area contributed by atoms with E-state index in [1.807, 2.05) is 0 Å². The quantitative estimate of drug-likeness (QED) is 0.713. The third-order valence-electron chi connectivity index (χ3n) is 1.23. The van der Waals surface area contributed by atoms with Crippen molar-refractivity contribution < 1.29 is 22.7 Å². The van der Waals surface area contributed by atoms with Gasteiger partial charge in [0.2, 0.25) is 11.7 Å². The van der Waals surface area contributed by atoms with Crippen molar-refractivity contribution in [2.75, 3.05) is 0 Å². The molecule has 0 bridgehead atoms. The molecule has 6 heteroatoms. The van der Waals surface area contributed by atoms with Gasteiger partial charge in [-0.2, -0.15) is 13.2 Å². The lowest BCUT2D eigenvalue weighted by atomic mass is 10.4. The van der Waals surface area contributed by atoms with Crippen LogP contribution in [0.5, 0.6) is 0 Å². The summed E-state index contributed by atoms with van der Waals surface area (Å²) in [6.07, 6.45) is -4.54. The number of alkyl halides is 3. The van der Waals surface area contributed by atoms with E-state index >= 15 is 0 Å². The van der Waals surface area contributed by atoms with Gasteiger partial charge in [0.05, 0.1) is 5.69 Å². The molecule has 0 aliphatic heterocycles. The molecule has 3 nitrogen and oxygen atoms in total. The predicted molar refractivity (Wildman–Crippen MR) is 32.2 cm³/mol. The van der Waals surface area contributed by atoms with E-state index in [0.29, 0.717) is 0 Å². The van der Waals surface area contributed by atoms with Crippen LogP contribution in [0.15, 0.2) is 4.42 Å². The molecule has 1 rings (SSSR count). The molecule has 0 amide bonds. The van der Waals surface area contributed by atoms with Crippen molar-refractivity contribution in [1.82, 2.24) is 4.98 Å². The van der Waals surface area contributed by atoms with Gasteiger partial charge in [0, 0.05) is 0 Å². The van der Waals surface area contributed by atoms with Crippen LogP contribution in [-0.2, 0) is 12.8 Å². The van der Waals surface area contributed by atoms with Crippen molar-refractivity contribution in [2.24, 2.45) is 0 Å². The fourth-order valence-electron chi connectivity index (χ4n) is 0.783. The molecule has 0 saturated carbocycles. The van der Waals surface area contributed by atoms with Crippen LogP contribution in [0.25, 0.3) is 0 Å². The van der Waals surface area contributed by atoms with Crippen LogP contribution in [0.4, 0.5) is 13.2 Å². The molecule has 1 aromatic heterocycles. The molecule has 0 aliphatic rings. The summed E-state index contributed by atoms with van der Waals surface area (Å²) in [6, 6.07) is 0. The van der Waals surface area contributed by atoms with Gasteiger partial charge in [0.15, 0.2) is 0 Å². The van der Waals surface area contributed by atoms with Crippen LogP contribution in [0.1, 0.15) is 17.3 Å². The van der Waals surface area contributed by atoms with Gasteiger partial charge < -0.3 is 9.52 Å². The number of oxazole rings is 1. The van der Waals surface area contributed by atoms with E-state index in [0.717, 1.165) is 0 Å². The Morgan fingerprint density at radius 2 is 2.08 bits per heavy atom. The van der Waals surface area contributed by atoms with E-state index in [9.17, 15) is 13.2 Å². The van der Waals surface area contributed by atoms with Gasteiger partial charge in [-0.15, -0.1) is 0 Å². The molecule has 12 heavy (non-hydrogen) atoms. The van der Waals surface area contributed by atoms with Crippen molar-refractivity contribution in [3.63, 3.8) is 0 Å². The smallest absolute Gasteiger partial charge is 0.433 e. The van der Waals surface area contributed by atoms with Crippen LogP contribution in [0.2, 0.25) is 0 Å². The van der Waals surface area contributed by atoms with Gasteiger partial charge in [0.25, 0.3) is 0 Å². The lowest BCUT2D eigenvalue weighted by molar-refractivity contribution is -0.154. The second kappa shape index (κ2) is 2.78. The number of aryl methyl sites for hydroxylation is 1. The lowest BCUT2D eigenvalue weighted by Crippen LogP contribution is -2.04. The minimum atomic E-state index is -4.54. The normalized spacial score (nSPS) is 12.1. The summed E-state index contributed by atoms with van der Waals surface area (Å²) in [5.74, 6) is -1.47. The van der Waals surface area contributed by atoms with Gasteiger partial charge >= 0.3 is 6.18 Å². The molecule has 0 spiro atoms. The number of aliphatic hydroxyl groups excluding tert-OH is 1. The molecular weight excluding hydrogens is 175 g/mol. The summed E-state index contributed by atoms with van der Waals surface area (Å²) in [5.41, 5.74) is -0.258. The zero-order chi connectivity index (χ0) is 9.35. The highest BCUT2D eigenvalue weighted by atomic mass is 19.4. The van der Waals surface area contributed by atoms with E-state index in [4.69, 9.17) is 5.11 Å². The minimum absolute atomic E-state index is 0.258. The van der Waals surface area contributed by atoms with E-state index < -0.39 is 18.5 Å². The highest BCUT2D eigenvalue weighted by Gasteiger charge is 2.38. The Labute approximate surface area is 65.8 Å². The summed E-state index contributed by atoms with van der Waals surface area (Å²) >= 11 is 0. The van der Waals surface area contributed by atoms with E-state index in [1.165, 1.54) is 6.92 Å². The Hall–Kier alpha value is -1.04. The summed E-state index contributed by atoms with van der Waals surface area (Å²) in [6.45, 7) is 0.544. The molecule has 1 N–H and O–H groups in total. The average molecular weight is 181 g/mol. The summed E-state index contributed by atoms with van der Waals surface area (Å²) in [7, 11) is 0. The molecule has 0 radical (unpaired) electrons. The molecular formula is C6H6F3NO2. The maximum atomic E-state index is 12.0. The average Bonchev–Trinajstić information content (AvgIpc) is 2.29. The van der Waals surface area contributed by atoms with Crippen LogP contribution >= 0.6 is 0 Å². The number of hydrogen-bond acceptors (Lipinski definition) is 3. The molecule has 1 heterocycles. The highest BCUT2D eigenvalue weighted by molar-refractivity contribution is 5.10. The van der Waals surface area contributed by atoms with Crippen molar-refractivity contribution in [3.05, 3.63) is 17.3 Å². The third kappa shape index (κ3) is 1.58. The Kier molecular flexibility index (Phi) is 2.10. The monoisotopic (exact) mass is 181 g/mol. The van der Waals surface area contributed by atoms with Crippen molar-refractivity contribution in [2.45, 2.75) is 19.7 Å². The van der Waals surface area contributed by atoms with Gasteiger partial charge in [-0.05, 0) is 6.92 Å². The molecule has 68 valence electrons. The maximum absolute atomic E-state index is 12.0. The summed E-state index contributed by atoms with van der Waals surface area (Å²) in [5, 5.41) is 8.42. The zero-order valence-electron chi connectivity index (χ0n) is 6.14. The van der Waals surface area contributed by atoms with Gasteiger partial charge in [-0.1, -0.05) is 0 Å². The van der Waals surface area contributed by atoms with Crippen LogP contribution in [0, 0.1) is 6.92 Å². The Bertz CT molecular complexity index is 279. The number of hydrogen-bond donors (Lipinski definition) is 1. The zero-order valence-corrected chi connectivity index (χ0v) is 6.14. The SMILES string of the molecule is Cc1nc(CO)oc1C(F)(F)F. The minimum Gasteiger partial charge on any atom is -0.433 e. The fourth-order valence-corrected chi connectivity index (χ4v) is 0.783. The number of nitrogens with zero attached hydrogens (tertiary/aromatic N) is 1. The third-order valence-corrected chi connectivity index (χ3v) is 1.23. The largest absolute Gasteiger partial charge is 0.451 e. The first-order chi connectivity index (χ1) is 5.45. The first kappa shape index (κ1) is 9.05. The Morgan fingerprint density at radius 1 is 1.50 bits per heavy atom. The molecule has 0 aromatic carbocycles. The van der Waals surface area contributed by atoms with Gasteiger partial charge in [-0.25, -0.2) is 4.98 Å². The van der Waals surface area contributed by atoms with Crippen molar-refractivity contribution in [3.8, 4) is 0 Å². The van der Waals surface area contributed by atoms with Crippen LogP contribution in [0.3, 0.4) is 0 Å². The Morgan fingerprint density at radius 3 is 2.33 bits per heavy atom. The lowest BCUT2D eigenvalue weighted by Gasteiger charge is -2.00. The topological polar surface area (TPSA) is 46.3 Å². The molecule has 0 atom stereocenters. The first-order valence-corrected chi connectivity index (χ1v) is 3.09. The summed E-state index contributed by atoms with van der Waals surface area (Å²) < 4.78 is 40.2. The fraction of sp³-hybridized carbons (Fsp3) is 0.500. The van der Waals surface area contributed by atoms with Crippen molar-refractivity contribution in [1.29, 1.82) is 0 Å². The molecule has 0 saturated heterocycles. The predicted octanol–water partition coefficient (Wildman–Crippen LogP) is 1.49. The second-order valence-electron chi connectivity index (χ2n) is 2.18. The summed E-state index contributed by atoms with van der Waals surface area (Å²) in [4.78, 5) is 3.36. The van der Waals surface area contributed by atoms with E-state index in [2.05, 4.69) is 9.40 Å². The highest BCUT2D eigenvalue weighted by Crippen LogP contribution is 2.32. The maximum Gasteiger partial charge on any atom is 0.451 e. The Balaban J connectivity index is 3.08.